The molecule has 2 atom stereocenters. The zero-order valence-electron chi connectivity index (χ0n) is 11.7. The van der Waals surface area contributed by atoms with E-state index in [1.54, 1.807) is 0 Å². The van der Waals surface area contributed by atoms with Crippen molar-refractivity contribution < 1.29 is 5.11 Å². The molecule has 1 heterocycles. The zero-order valence-corrected chi connectivity index (χ0v) is 11.7. The minimum absolute atomic E-state index is 0.174. The van der Waals surface area contributed by atoms with Crippen LogP contribution < -0.4 is 0 Å². The predicted molar refractivity (Wildman–Crippen MR) is 77.1 cm³/mol. The predicted octanol–water partition coefficient (Wildman–Crippen LogP) is 3.83. The maximum absolute atomic E-state index is 10.8. The van der Waals surface area contributed by atoms with Gasteiger partial charge in [0.05, 0.1) is 6.10 Å². The summed E-state index contributed by atoms with van der Waals surface area (Å²) in [6, 6.07) is 4.22. The minimum Gasteiger partial charge on any atom is -0.392 e. The lowest BCUT2D eigenvalue weighted by Gasteiger charge is -2.32. The van der Waals surface area contributed by atoms with Crippen molar-refractivity contribution in [2.45, 2.75) is 69.8 Å². The lowest BCUT2D eigenvalue weighted by Crippen LogP contribution is -2.30. The number of hydrogen-bond acceptors (Lipinski definition) is 2. The van der Waals surface area contributed by atoms with Gasteiger partial charge in [-0.15, -0.1) is 0 Å². The third kappa shape index (κ3) is 2.84. The van der Waals surface area contributed by atoms with Crippen molar-refractivity contribution in [2.75, 3.05) is 0 Å². The molecule has 104 valence electrons. The largest absolute Gasteiger partial charge is 0.392 e. The fourth-order valence-electron chi connectivity index (χ4n) is 3.96. The van der Waals surface area contributed by atoms with Crippen LogP contribution in [0.25, 0.3) is 0 Å². The van der Waals surface area contributed by atoms with Crippen molar-refractivity contribution in [3.63, 3.8) is 0 Å². The Kier molecular flexibility index (Phi) is 4.17. The van der Waals surface area contributed by atoms with E-state index >= 15 is 0 Å². The van der Waals surface area contributed by atoms with Crippen LogP contribution in [-0.2, 0) is 6.42 Å². The maximum atomic E-state index is 10.8. The second-order valence-electron chi connectivity index (χ2n) is 6.29. The van der Waals surface area contributed by atoms with Gasteiger partial charge in [-0.2, -0.15) is 0 Å². The number of aliphatic hydroxyl groups excluding tert-OH is 1. The first-order valence-corrected chi connectivity index (χ1v) is 7.98. The van der Waals surface area contributed by atoms with E-state index in [9.17, 15) is 5.11 Å². The van der Waals surface area contributed by atoms with Crippen molar-refractivity contribution in [1.82, 2.24) is 4.98 Å². The average Bonchev–Trinajstić information content (AvgIpc) is 2.75. The molecular weight excluding hydrogens is 234 g/mol. The summed E-state index contributed by atoms with van der Waals surface area (Å²) >= 11 is 0. The highest BCUT2D eigenvalue weighted by Crippen LogP contribution is 2.38. The standard InChI is InChI=1S/C17H25NO/c19-17(14-7-3-1-2-4-8-14)15-11-5-9-13-10-6-12-18-16(13)15/h6,10,12,14-15,17,19H,1-5,7-9,11H2. The highest BCUT2D eigenvalue weighted by atomic mass is 16.3. The molecule has 19 heavy (non-hydrogen) atoms. The van der Waals surface area contributed by atoms with E-state index < -0.39 is 0 Å². The van der Waals surface area contributed by atoms with Crippen molar-refractivity contribution in [1.29, 1.82) is 0 Å². The first-order valence-electron chi connectivity index (χ1n) is 7.98. The molecule has 0 aliphatic heterocycles. The Morgan fingerprint density at radius 3 is 2.63 bits per heavy atom. The summed E-state index contributed by atoms with van der Waals surface area (Å²) in [5.41, 5.74) is 2.55. The molecule has 0 bridgehead atoms. The number of rotatable bonds is 2. The monoisotopic (exact) mass is 259 g/mol. The number of aromatic nitrogens is 1. The lowest BCUT2D eigenvalue weighted by atomic mass is 9.77. The van der Waals surface area contributed by atoms with Gasteiger partial charge in [0.25, 0.3) is 0 Å². The second-order valence-corrected chi connectivity index (χ2v) is 6.29. The summed E-state index contributed by atoms with van der Waals surface area (Å²) in [5, 5.41) is 10.8. The molecule has 1 aromatic rings. The van der Waals surface area contributed by atoms with Crippen LogP contribution in [0.2, 0.25) is 0 Å². The molecule has 2 unspecified atom stereocenters. The first kappa shape index (κ1) is 13.1. The normalized spacial score (nSPS) is 26.5. The van der Waals surface area contributed by atoms with Gasteiger partial charge in [0.15, 0.2) is 0 Å². The van der Waals surface area contributed by atoms with Crippen LogP contribution in [0.1, 0.15) is 68.5 Å². The number of hydrogen-bond donors (Lipinski definition) is 1. The molecule has 1 N–H and O–H groups in total. The fraction of sp³-hybridized carbons (Fsp3) is 0.706. The number of nitrogens with zero attached hydrogens (tertiary/aromatic N) is 1. The topological polar surface area (TPSA) is 33.1 Å². The van der Waals surface area contributed by atoms with Crippen LogP contribution in [0.3, 0.4) is 0 Å². The maximum Gasteiger partial charge on any atom is 0.0652 e. The van der Waals surface area contributed by atoms with E-state index in [1.165, 1.54) is 56.2 Å². The van der Waals surface area contributed by atoms with Crippen molar-refractivity contribution in [2.24, 2.45) is 5.92 Å². The van der Waals surface area contributed by atoms with Crippen LogP contribution in [0.15, 0.2) is 18.3 Å². The smallest absolute Gasteiger partial charge is 0.0652 e. The number of aryl methyl sites for hydroxylation is 1. The number of aliphatic hydroxyl groups is 1. The minimum atomic E-state index is -0.174. The summed E-state index contributed by atoms with van der Waals surface area (Å²) < 4.78 is 0. The van der Waals surface area contributed by atoms with Gasteiger partial charge in [0.2, 0.25) is 0 Å². The summed E-state index contributed by atoms with van der Waals surface area (Å²) in [7, 11) is 0. The third-order valence-corrected chi connectivity index (χ3v) is 5.03. The molecule has 1 saturated carbocycles. The highest BCUT2D eigenvalue weighted by molar-refractivity contribution is 5.27. The number of fused-ring (bicyclic) bond motifs is 1. The Morgan fingerprint density at radius 1 is 1.05 bits per heavy atom. The molecule has 3 rings (SSSR count). The van der Waals surface area contributed by atoms with E-state index in [2.05, 4.69) is 11.1 Å². The van der Waals surface area contributed by atoms with Gasteiger partial charge in [-0.05, 0) is 49.7 Å². The Morgan fingerprint density at radius 2 is 1.84 bits per heavy atom. The van der Waals surface area contributed by atoms with E-state index in [-0.39, 0.29) is 12.0 Å². The van der Waals surface area contributed by atoms with Crippen LogP contribution in [-0.4, -0.2) is 16.2 Å². The van der Waals surface area contributed by atoms with Gasteiger partial charge < -0.3 is 5.11 Å². The average molecular weight is 259 g/mol. The number of pyridine rings is 1. The molecule has 0 saturated heterocycles. The summed E-state index contributed by atoms with van der Waals surface area (Å²) in [6.45, 7) is 0. The molecule has 0 spiro atoms. The van der Waals surface area contributed by atoms with Gasteiger partial charge in [0.1, 0.15) is 0 Å². The Hall–Kier alpha value is -0.890. The second kappa shape index (κ2) is 6.04. The molecule has 2 nitrogen and oxygen atoms in total. The molecule has 2 aliphatic carbocycles. The van der Waals surface area contributed by atoms with E-state index in [4.69, 9.17) is 0 Å². The quantitative estimate of drug-likeness (QED) is 0.819. The van der Waals surface area contributed by atoms with Gasteiger partial charge in [-0.3, -0.25) is 4.98 Å². The van der Waals surface area contributed by atoms with Gasteiger partial charge in [-0.25, -0.2) is 0 Å². The Labute approximate surface area is 116 Å². The van der Waals surface area contributed by atoms with Gasteiger partial charge in [0, 0.05) is 17.8 Å². The first-order chi connectivity index (χ1) is 9.36. The third-order valence-electron chi connectivity index (χ3n) is 5.03. The SMILES string of the molecule is OC(C1CCCCCC1)C1CCCc2cccnc21. The van der Waals surface area contributed by atoms with Crippen molar-refractivity contribution in [3.8, 4) is 0 Å². The summed E-state index contributed by atoms with van der Waals surface area (Å²) in [4.78, 5) is 4.58. The van der Waals surface area contributed by atoms with Crippen LogP contribution in [0.4, 0.5) is 0 Å². The fourth-order valence-corrected chi connectivity index (χ4v) is 3.96. The van der Waals surface area contributed by atoms with Crippen molar-refractivity contribution >= 4 is 0 Å². The van der Waals surface area contributed by atoms with Gasteiger partial charge >= 0.3 is 0 Å². The molecule has 0 radical (unpaired) electrons. The van der Waals surface area contributed by atoms with Crippen LogP contribution in [0.5, 0.6) is 0 Å². The lowest BCUT2D eigenvalue weighted by molar-refractivity contribution is 0.0646. The molecule has 2 aliphatic rings. The molecule has 2 heteroatoms. The molecule has 1 fully saturated rings. The molecular formula is C17H25NO. The van der Waals surface area contributed by atoms with E-state index in [1.807, 2.05) is 12.3 Å². The molecule has 1 aromatic heterocycles. The van der Waals surface area contributed by atoms with Gasteiger partial charge in [-0.1, -0.05) is 31.7 Å². The van der Waals surface area contributed by atoms with Crippen molar-refractivity contribution in [3.05, 3.63) is 29.6 Å². The molecule has 0 aromatic carbocycles. The Bertz CT molecular complexity index is 409. The summed E-state index contributed by atoms with van der Waals surface area (Å²) in [6.07, 6.45) is 12.9. The zero-order chi connectivity index (χ0) is 13.1. The highest BCUT2D eigenvalue weighted by Gasteiger charge is 2.32. The Balaban J connectivity index is 1.78. The van der Waals surface area contributed by atoms with E-state index in [0.717, 1.165) is 12.8 Å². The summed E-state index contributed by atoms with van der Waals surface area (Å²) in [5.74, 6) is 0.786. The molecule has 0 amide bonds. The van der Waals surface area contributed by atoms with E-state index in [0.29, 0.717) is 5.92 Å². The van der Waals surface area contributed by atoms with Crippen LogP contribution >= 0.6 is 0 Å². The van der Waals surface area contributed by atoms with Crippen LogP contribution in [0, 0.1) is 5.92 Å².